The number of aliphatic carboxylic acids is 1. The topological polar surface area (TPSA) is 69.6 Å². The minimum Gasteiger partial charge on any atom is -0.480 e. The number of rotatable bonds is 6. The smallest absolute Gasteiger partial charge is 0.326 e. The second-order valence-corrected chi connectivity index (χ2v) is 4.97. The zero-order valence-corrected chi connectivity index (χ0v) is 10.8. The summed E-state index contributed by atoms with van der Waals surface area (Å²) in [6.07, 6.45) is 3.07. The Morgan fingerprint density at radius 3 is 2.47 bits per heavy atom. The summed E-state index contributed by atoms with van der Waals surface area (Å²) < 4.78 is 0. The lowest BCUT2D eigenvalue weighted by Gasteiger charge is -2.24. The van der Waals surface area contributed by atoms with Crippen molar-refractivity contribution in [3.05, 3.63) is 0 Å². The van der Waals surface area contributed by atoms with Gasteiger partial charge in [-0.3, -0.25) is 0 Å². The van der Waals surface area contributed by atoms with Crippen molar-refractivity contribution in [2.24, 2.45) is 11.8 Å². The molecule has 5 heteroatoms. The highest BCUT2D eigenvalue weighted by atomic mass is 16.4. The molecule has 0 aromatic heterocycles. The number of carboxylic acids is 1. The number of carboxylic acid groups (broad SMARTS) is 1. The maximum Gasteiger partial charge on any atom is 0.326 e. The molecule has 2 amide bonds. The van der Waals surface area contributed by atoms with Crippen LogP contribution in [0.1, 0.15) is 33.1 Å². The lowest BCUT2D eigenvalue weighted by Crippen LogP contribution is -2.49. The van der Waals surface area contributed by atoms with E-state index in [0.717, 1.165) is 13.0 Å². The Hall–Kier alpha value is -1.26. The molecule has 98 valence electrons. The SMILES string of the molecule is CC[C@H](C)[C@H](NC(=O)N(C)CC1CC1)C(=O)O. The number of hydrogen-bond acceptors (Lipinski definition) is 2. The highest BCUT2D eigenvalue weighted by Crippen LogP contribution is 2.29. The molecule has 1 aliphatic carbocycles. The normalized spacial score (nSPS) is 18.3. The summed E-state index contributed by atoms with van der Waals surface area (Å²) in [5.41, 5.74) is 0. The van der Waals surface area contributed by atoms with Gasteiger partial charge in [0.25, 0.3) is 0 Å². The molecule has 0 spiro atoms. The van der Waals surface area contributed by atoms with Crippen molar-refractivity contribution in [3.63, 3.8) is 0 Å². The van der Waals surface area contributed by atoms with Crippen LogP contribution in [-0.4, -0.2) is 41.6 Å². The molecule has 2 atom stereocenters. The van der Waals surface area contributed by atoms with Gasteiger partial charge < -0.3 is 15.3 Å². The van der Waals surface area contributed by atoms with Crippen molar-refractivity contribution < 1.29 is 14.7 Å². The second-order valence-electron chi connectivity index (χ2n) is 4.97. The average molecular weight is 242 g/mol. The van der Waals surface area contributed by atoms with Crippen LogP contribution in [0, 0.1) is 11.8 Å². The molecule has 0 bridgehead atoms. The van der Waals surface area contributed by atoms with Crippen molar-refractivity contribution in [2.45, 2.75) is 39.2 Å². The van der Waals surface area contributed by atoms with E-state index in [2.05, 4.69) is 5.32 Å². The first-order valence-electron chi connectivity index (χ1n) is 6.20. The maximum atomic E-state index is 11.8. The number of urea groups is 1. The van der Waals surface area contributed by atoms with Crippen LogP contribution in [0.3, 0.4) is 0 Å². The highest BCUT2D eigenvalue weighted by Gasteiger charge is 2.29. The van der Waals surface area contributed by atoms with Gasteiger partial charge in [-0.05, 0) is 24.7 Å². The Balaban J connectivity index is 2.47. The first kappa shape index (κ1) is 13.8. The molecule has 5 nitrogen and oxygen atoms in total. The molecule has 2 N–H and O–H groups in total. The average Bonchev–Trinajstić information content (AvgIpc) is 3.07. The van der Waals surface area contributed by atoms with Crippen molar-refractivity contribution >= 4 is 12.0 Å². The number of carbonyl (C=O) groups excluding carboxylic acids is 1. The van der Waals surface area contributed by atoms with E-state index in [-0.39, 0.29) is 11.9 Å². The molecule has 0 saturated heterocycles. The van der Waals surface area contributed by atoms with Crippen LogP contribution >= 0.6 is 0 Å². The fourth-order valence-electron chi connectivity index (χ4n) is 1.70. The molecule has 1 rings (SSSR count). The number of nitrogens with zero attached hydrogens (tertiary/aromatic N) is 1. The van der Waals surface area contributed by atoms with Gasteiger partial charge in [0.1, 0.15) is 6.04 Å². The van der Waals surface area contributed by atoms with Gasteiger partial charge in [-0.2, -0.15) is 0 Å². The van der Waals surface area contributed by atoms with Gasteiger partial charge in [-0.15, -0.1) is 0 Å². The van der Waals surface area contributed by atoms with E-state index < -0.39 is 12.0 Å². The van der Waals surface area contributed by atoms with E-state index in [9.17, 15) is 9.59 Å². The monoisotopic (exact) mass is 242 g/mol. The Morgan fingerprint density at radius 2 is 2.06 bits per heavy atom. The summed E-state index contributed by atoms with van der Waals surface area (Å²) >= 11 is 0. The van der Waals surface area contributed by atoms with Gasteiger partial charge in [0.15, 0.2) is 0 Å². The van der Waals surface area contributed by atoms with Gasteiger partial charge in [0, 0.05) is 13.6 Å². The van der Waals surface area contributed by atoms with Gasteiger partial charge >= 0.3 is 12.0 Å². The Kier molecular flexibility index (Phi) is 4.78. The lowest BCUT2D eigenvalue weighted by atomic mass is 9.99. The summed E-state index contributed by atoms with van der Waals surface area (Å²) in [6.45, 7) is 4.47. The van der Waals surface area contributed by atoms with E-state index in [1.165, 1.54) is 12.8 Å². The number of nitrogens with one attached hydrogen (secondary N) is 1. The molecule has 17 heavy (non-hydrogen) atoms. The Labute approximate surface area is 102 Å². The molecule has 0 heterocycles. The highest BCUT2D eigenvalue weighted by molar-refractivity contribution is 5.82. The Morgan fingerprint density at radius 1 is 1.47 bits per heavy atom. The molecule has 0 unspecified atom stereocenters. The summed E-state index contributed by atoms with van der Waals surface area (Å²) in [6, 6.07) is -1.08. The van der Waals surface area contributed by atoms with E-state index in [1.54, 1.807) is 11.9 Å². The standard InChI is InChI=1S/C12H22N2O3/c1-4-8(2)10(11(15)16)13-12(17)14(3)7-9-5-6-9/h8-10H,4-7H2,1-3H3,(H,13,17)(H,15,16)/t8-,10-/m0/s1. The number of carbonyl (C=O) groups is 2. The number of hydrogen-bond donors (Lipinski definition) is 2. The van der Waals surface area contributed by atoms with Gasteiger partial charge in [0.2, 0.25) is 0 Å². The van der Waals surface area contributed by atoms with Crippen LogP contribution < -0.4 is 5.32 Å². The molecule has 1 saturated carbocycles. The van der Waals surface area contributed by atoms with Crippen LogP contribution in [0.2, 0.25) is 0 Å². The van der Waals surface area contributed by atoms with Crippen molar-refractivity contribution in [1.82, 2.24) is 10.2 Å². The predicted octanol–water partition coefficient (Wildman–Crippen LogP) is 1.54. The molecule has 0 aromatic carbocycles. The second kappa shape index (κ2) is 5.89. The summed E-state index contributed by atoms with van der Waals surface area (Å²) in [4.78, 5) is 24.4. The molecule has 0 aliphatic heterocycles. The summed E-state index contributed by atoms with van der Waals surface area (Å²) in [7, 11) is 1.71. The largest absolute Gasteiger partial charge is 0.480 e. The molecule has 1 fully saturated rings. The van der Waals surface area contributed by atoms with E-state index in [4.69, 9.17) is 5.11 Å². The molecular weight excluding hydrogens is 220 g/mol. The molecule has 1 aliphatic rings. The maximum absolute atomic E-state index is 11.8. The minimum absolute atomic E-state index is 0.0641. The van der Waals surface area contributed by atoms with E-state index >= 15 is 0 Å². The van der Waals surface area contributed by atoms with Crippen LogP contribution in [0.4, 0.5) is 4.79 Å². The van der Waals surface area contributed by atoms with Gasteiger partial charge in [0.05, 0.1) is 0 Å². The minimum atomic E-state index is -0.965. The lowest BCUT2D eigenvalue weighted by molar-refractivity contribution is -0.140. The zero-order valence-electron chi connectivity index (χ0n) is 10.8. The van der Waals surface area contributed by atoms with Crippen molar-refractivity contribution in [1.29, 1.82) is 0 Å². The summed E-state index contributed by atoms with van der Waals surface area (Å²) in [5, 5.41) is 11.7. The van der Waals surface area contributed by atoms with Crippen LogP contribution in [-0.2, 0) is 4.79 Å². The van der Waals surface area contributed by atoms with E-state index in [1.807, 2.05) is 13.8 Å². The van der Waals surface area contributed by atoms with Crippen LogP contribution in [0.15, 0.2) is 0 Å². The van der Waals surface area contributed by atoms with Crippen LogP contribution in [0.5, 0.6) is 0 Å². The summed E-state index contributed by atoms with van der Waals surface area (Å²) in [5.74, 6) is -0.420. The Bertz CT molecular complexity index is 289. The fourth-order valence-corrected chi connectivity index (χ4v) is 1.70. The fraction of sp³-hybridized carbons (Fsp3) is 0.833. The van der Waals surface area contributed by atoms with Gasteiger partial charge in [-0.25, -0.2) is 9.59 Å². The van der Waals surface area contributed by atoms with E-state index in [0.29, 0.717) is 5.92 Å². The third kappa shape index (κ3) is 4.24. The first-order valence-corrected chi connectivity index (χ1v) is 6.20. The first-order chi connectivity index (χ1) is 7.95. The van der Waals surface area contributed by atoms with Gasteiger partial charge in [-0.1, -0.05) is 20.3 Å². The quantitative estimate of drug-likeness (QED) is 0.742. The third-order valence-electron chi connectivity index (χ3n) is 3.33. The number of amides is 2. The van der Waals surface area contributed by atoms with Crippen molar-refractivity contribution in [2.75, 3.05) is 13.6 Å². The molecular formula is C12H22N2O3. The zero-order chi connectivity index (χ0) is 13.0. The predicted molar refractivity (Wildman–Crippen MR) is 64.8 cm³/mol. The van der Waals surface area contributed by atoms with Crippen molar-refractivity contribution in [3.8, 4) is 0 Å². The van der Waals surface area contributed by atoms with Crippen LogP contribution in [0.25, 0.3) is 0 Å². The molecule has 0 aromatic rings. The third-order valence-corrected chi connectivity index (χ3v) is 3.33. The molecule has 0 radical (unpaired) electrons.